The van der Waals surface area contributed by atoms with Crippen molar-refractivity contribution < 1.29 is 9.59 Å². The van der Waals surface area contributed by atoms with Gasteiger partial charge in [0.1, 0.15) is 0 Å². The van der Waals surface area contributed by atoms with Gasteiger partial charge in [0.15, 0.2) is 10.8 Å². The summed E-state index contributed by atoms with van der Waals surface area (Å²) in [5, 5.41) is 6.26. The van der Waals surface area contributed by atoms with E-state index in [1.165, 1.54) is 11.8 Å². The van der Waals surface area contributed by atoms with E-state index in [2.05, 4.69) is 20.6 Å². The summed E-state index contributed by atoms with van der Waals surface area (Å²) in [6, 6.07) is 10.0. The minimum absolute atomic E-state index is 0.0834. The van der Waals surface area contributed by atoms with Gasteiger partial charge < -0.3 is 10.6 Å². The van der Waals surface area contributed by atoms with E-state index in [9.17, 15) is 14.4 Å². The molecule has 0 saturated heterocycles. The highest BCUT2D eigenvalue weighted by atomic mass is 32.2. The molecule has 8 nitrogen and oxygen atoms in total. The molecule has 2 amide bonds. The lowest BCUT2D eigenvalue weighted by Crippen LogP contribution is -2.26. The summed E-state index contributed by atoms with van der Waals surface area (Å²) in [7, 11) is 1.56. The maximum atomic E-state index is 12.9. The number of hydrogen-bond acceptors (Lipinski definition) is 6. The summed E-state index contributed by atoms with van der Waals surface area (Å²) in [5.74, 6) is -0.104. The first-order chi connectivity index (χ1) is 14.4. The first-order valence-corrected chi connectivity index (χ1v) is 10.5. The number of amides is 2. The van der Waals surface area contributed by atoms with Gasteiger partial charge in [0.05, 0.1) is 11.1 Å². The summed E-state index contributed by atoms with van der Waals surface area (Å²) in [4.78, 5) is 45.5. The largest absolute Gasteiger partial charge is 0.355 e. The van der Waals surface area contributed by atoms with Crippen molar-refractivity contribution in [3.05, 3.63) is 58.5 Å². The molecule has 0 atom stereocenters. The number of carbonyl (C=O) groups excluding carboxylic acids is 2. The molecule has 1 aromatic carbocycles. The van der Waals surface area contributed by atoms with Gasteiger partial charge in [-0.05, 0) is 42.3 Å². The molecule has 0 spiro atoms. The molecule has 0 fully saturated rings. The number of rotatable bonds is 7. The SMILES string of the molecule is CNC(=O)c1ccc(NC(=O)CSc2nc3ncccc3c(=O)n2CC(C)C)cc1. The Hall–Kier alpha value is -3.20. The maximum absolute atomic E-state index is 12.9. The van der Waals surface area contributed by atoms with Crippen LogP contribution >= 0.6 is 11.8 Å². The van der Waals surface area contributed by atoms with Crippen molar-refractivity contribution in [1.29, 1.82) is 0 Å². The molecule has 0 aliphatic carbocycles. The molecule has 0 radical (unpaired) electrons. The predicted octanol–water partition coefficient (Wildman–Crippen LogP) is 2.54. The van der Waals surface area contributed by atoms with Crippen LogP contribution in [-0.2, 0) is 11.3 Å². The van der Waals surface area contributed by atoms with Crippen molar-refractivity contribution in [2.75, 3.05) is 18.1 Å². The smallest absolute Gasteiger partial charge is 0.263 e. The van der Waals surface area contributed by atoms with E-state index >= 15 is 0 Å². The number of nitrogens with one attached hydrogen (secondary N) is 2. The molecule has 2 heterocycles. The molecule has 0 aliphatic heterocycles. The van der Waals surface area contributed by atoms with Crippen molar-refractivity contribution >= 4 is 40.3 Å². The van der Waals surface area contributed by atoms with Gasteiger partial charge >= 0.3 is 0 Å². The summed E-state index contributed by atoms with van der Waals surface area (Å²) < 4.78 is 1.60. The highest BCUT2D eigenvalue weighted by Crippen LogP contribution is 2.19. The van der Waals surface area contributed by atoms with Crippen LogP contribution in [-0.4, -0.2) is 39.1 Å². The van der Waals surface area contributed by atoms with Gasteiger partial charge in [-0.25, -0.2) is 9.97 Å². The number of carbonyl (C=O) groups is 2. The van der Waals surface area contributed by atoms with Gasteiger partial charge in [-0.2, -0.15) is 0 Å². The Morgan fingerprint density at radius 2 is 1.90 bits per heavy atom. The molecule has 9 heteroatoms. The molecule has 0 bridgehead atoms. The van der Waals surface area contributed by atoms with Crippen molar-refractivity contribution in [2.45, 2.75) is 25.5 Å². The Bertz CT molecular complexity index is 1130. The Labute approximate surface area is 178 Å². The van der Waals surface area contributed by atoms with Crippen molar-refractivity contribution in [2.24, 2.45) is 5.92 Å². The Kier molecular flexibility index (Phi) is 6.83. The van der Waals surface area contributed by atoms with E-state index in [1.54, 1.807) is 54.2 Å². The summed E-state index contributed by atoms with van der Waals surface area (Å²) in [5.41, 5.74) is 1.31. The number of anilines is 1. The number of benzene rings is 1. The fraction of sp³-hybridized carbons (Fsp3) is 0.286. The van der Waals surface area contributed by atoms with Crippen LogP contribution in [0, 0.1) is 5.92 Å². The topological polar surface area (TPSA) is 106 Å². The number of hydrogen-bond donors (Lipinski definition) is 2. The van der Waals surface area contributed by atoms with Crippen LogP contribution in [0.1, 0.15) is 24.2 Å². The number of thioether (sulfide) groups is 1. The fourth-order valence-electron chi connectivity index (χ4n) is 2.85. The van der Waals surface area contributed by atoms with Gasteiger partial charge in [0.2, 0.25) is 5.91 Å². The second-order valence-corrected chi connectivity index (χ2v) is 8.01. The summed E-state index contributed by atoms with van der Waals surface area (Å²) in [6.07, 6.45) is 1.59. The normalized spacial score (nSPS) is 10.9. The number of nitrogens with zero attached hydrogens (tertiary/aromatic N) is 3. The fourth-order valence-corrected chi connectivity index (χ4v) is 3.65. The van der Waals surface area contributed by atoms with Crippen LogP contribution in [0.2, 0.25) is 0 Å². The monoisotopic (exact) mass is 425 g/mol. The van der Waals surface area contributed by atoms with Crippen molar-refractivity contribution in [3.8, 4) is 0 Å². The Morgan fingerprint density at radius 3 is 2.57 bits per heavy atom. The van der Waals surface area contributed by atoms with E-state index in [0.29, 0.717) is 34.0 Å². The van der Waals surface area contributed by atoms with Gasteiger partial charge in [0.25, 0.3) is 11.5 Å². The molecule has 3 rings (SSSR count). The molecule has 2 N–H and O–H groups in total. The second-order valence-electron chi connectivity index (χ2n) is 7.07. The molecule has 156 valence electrons. The van der Waals surface area contributed by atoms with Gasteiger partial charge in [-0.1, -0.05) is 25.6 Å². The quantitative estimate of drug-likeness (QED) is 0.445. The number of pyridine rings is 1. The third-order valence-electron chi connectivity index (χ3n) is 4.23. The van der Waals surface area contributed by atoms with Crippen LogP contribution < -0.4 is 16.2 Å². The van der Waals surface area contributed by atoms with Crippen LogP contribution in [0.4, 0.5) is 5.69 Å². The number of fused-ring (bicyclic) bond motifs is 1. The van der Waals surface area contributed by atoms with Crippen LogP contribution in [0.15, 0.2) is 52.5 Å². The molecular formula is C21H23N5O3S. The number of aromatic nitrogens is 3. The third kappa shape index (κ3) is 5.04. The highest BCUT2D eigenvalue weighted by Gasteiger charge is 2.15. The van der Waals surface area contributed by atoms with Crippen molar-refractivity contribution in [1.82, 2.24) is 19.9 Å². The molecule has 2 aromatic heterocycles. The lowest BCUT2D eigenvalue weighted by atomic mass is 10.2. The molecule has 3 aromatic rings. The van der Waals surface area contributed by atoms with Crippen LogP contribution in [0.5, 0.6) is 0 Å². The van der Waals surface area contributed by atoms with E-state index in [1.807, 2.05) is 13.8 Å². The van der Waals surface area contributed by atoms with E-state index < -0.39 is 0 Å². The average molecular weight is 426 g/mol. The lowest BCUT2D eigenvalue weighted by molar-refractivity contribution is -0.113. The highest BCUT2D eigenvalue weighted by molar-refractivity contribution is 7.99. The van der Waals surface area contributed by atoms with E-state index in [-0.39, 0.29) is 29.0 Å². The molecule has 0 aliphatic rings. The first kappa shape index (κ1) is 21.5. The zero-order valence-electron chi connectivity index (χ0n) is 17.0. The first-order valence-electron chi connectivity index (χ1n) is 9.49. The minimum atomic E-state index is -0.237. The second kappa shape index (κ2) is 9.53. The molecule has 0 unspecified atom stereocenters. The third-order valence-corrected chi connectivity index (χ3v) is 5.21. The van der Waals surface area contributed by atoms with Gasteiger partial charge in [0, 0.05) is 31.0 Å². The van der Waals surface area contributed by atoms with Crippen LogP contribution in [0.25, 0.3) is 11.0 Å². The minimum Gasteiger partial charge on any atom is -0.355 e. The lowest BCUT2D eigenvalue weighted by Gasteiger charge is -2.14. The molecular weight excluding hydrogens is 402 g/mol. The van der Waals surface area contributed by atoms with E-state index in [4.69, 9.17) is 0 Å². The zero-order valence-corrected chi connectivity index (χ0v) is 17.8. The predicted molar refractivity (Wildman–Crippen MR) is 118 cm³/mol. The van der Waals surface area contributed by atoms with Gasteiger partial charge in [-0.3, -0.25) is 19.0 Å². The maximum Gasteiger partial charge on any atom is 0.263 e. The van der Waals surface area contributed by atoms with E-state index in [0.717, 1.165) is 0 Å². The Morgan fingerprint density at radius 1 is 1.17 bits per heavy atom. The standard InChI is InChI=1S/C21H23N5O3S/c1-13(2)11-26-20(29)16-5-4-10-23-18(16)25-21(26)30-12-17(27)24-15-8-6-14(7-9-15)19(28)22-3/h4-10,13H,11-12H2,1-3H3,(H,22,28)(H,24,27). The molecule has 0 saturated carbocycles. The van der Waals surface area contributed by atoms with Crippen molar-refractivity contribution in [3.63, 3.8) is 0 Å². The summed E-state index contributed by atoms with van der Waals surface area (Å²) >= 11 is 1.19. The summed E-state index contributed by atoms with van der Waals surface area (Å²) in [6.45, 7) is 4.54. The molecule has 30 heavy (non-hydrogen) atoms. The van der Waals surface area contributed by atoms with Gasteiger partial charge in [-0.15, -0.1) is 0 Å². The van der Waals surface area contributed by atoms with Crippen LogP contribution in [0.3, 0.4) is 0 Å². The Balaban J connectivity index is 1.75. The average Bonchev–Trinajstić information content (AvgIpc) is 2.74. The zero-order chi connectivity index (χ0) is 21.7.